The van der Waals surface area contributed by atoms with E-state index in [9.17, 15) is 4.79 Å². The number of nitrogens with zero attached hydrogens (tertiary/aromatic N) is 1. The Kier molecular flexibility index (Phi) is 4.58. The van der Waals surface area contributed by atoms with Gasteiger partial charge in [-0.25, -0.2) is 0 Å². The maximum absolute atomic E-state index is 12.4. The molecule has 0 unspecified atom stereocenters. The molecule has 0 saturated heterocycles. The summed E-state index contributed by atoms with van der Waals surface area (Å²) in [4.78, 5) is 20.2. The second kappa shape index (κ2) is 6.91. The summed E-state index contributed by atoms with van der Waals surface area (Å²) in [6, 6.07) is 10.7. The minimum absolute atomic E-state index is 0.0451. The lowest BCUT2D eigenvalue weighted by atomic mass is 9.92. The molecule has 0 spiro atoms. The van der Waals surface area contributed by atoms with E-state index in [4.69, 9.17) is 10.7 Å². The van der Waals surface area contributed by atoms with Gasteiger partial charge < -0.3 is 10.7 Å². The minimum atomic E-state index is -0.0451. The van der Waals surface area contributed by atoms with Crippen molar-refractivity contribution in [3.05, 3.63) is 63.0 Å². The molecule has 3 N–H and O–H groups in total. The van der Waals surface area contributed by atoms with Crippen molar-refractivity contribution in [3.63, 3.8) is 0 Å². The fourth-order valence-corrected chi connectivity index (χ4v) is 4.73. The lowest BCUT2D eigenvalue weighted by Gasteiger charge is -2.16. The molecule has 27 heavy (non-hydrogen) atoms. The van der Waals surface area contributed by atoms with Crippen molar-refractivity contribution in [2.75, 3.05) is 6.54 Å². The monoisotopic (exact) mass is 377 g/mol. The van der Waals surface area contributed by atoms with Crippen molar-refractivity contribution in [3.8, 4) is 11.1 Å². The third-order valence-electron chi connectivity index (χ3n) is 5.39. The number of pyridine rings is 2. The van der Waals surface area contributed by atoms with Crippen LogP contribution in [0.3, 0.4) is 0 Å². The van der Waals surface area contributed by atoms with Gasteiger partial charge in [0.05, 0.1) is 11.2 Å². The summed E-state index contributed by atoms with van der Waals surface area (Å²) >= 11 is 1.48. The van der Waals surface area contributed by atoms with Crippen molar-refractivity contribution >= 4 is 32.3 Å². The maximum atomic E-state index is 12.4. The standard InChI is InChI=1S/C22H23N3OS/c1-4-14(11-23)15-5-7-16(8-6-15)18-12(2)24-13(3)20-19(18)17-9-10-27-21(17)22(26)25-20/h5-10,14H,4,11,23H2,1-3H3,(H,25,26)/t14-/m0/s1. The summed E-state index contributed by atoms with van der Waals surface area (Å²) in [6.07, 6.45) is 1.03. The number of aryl methyl sites for hydroxylation is 2. The molecule has 0 saturated carbocycles. The molecular weight excluding hydrogens is 354 g/mol. The zero-order chi connectivity index (χ0) is 19.1. The van der Waals surface area contributed by atoms with E-state index in [0.29, 0.717) is 12.5 Å². The van der Waals surface area contributed by atoms with Crippen molar-refractivity contribution in [1.29, 1.82) is 0 Å². The van der Waals surface area contributed by atoms with E-state index >= 15 is 0 Å². The number of fused-ring (bicyclic) bond motifs is 3. The normalized spacial score (nSPS) is 12.7. The third-order valence-corrected chi connectivity index (χ3v) is 6.30. The zero-order valence-electron chi connectivity index (χ0n) is 15.8. The molecule has 3 aromatic heterocycles. The first kappa shape index (κ1) is 17.9. The van der Waals surface area contributed by atoms with Gasteiger partial charge in [-0.1, -0.05) is 31.2 Å². The van der Waals surface area contributed by atoms with Crippen LogP contribution in [0.1, 0.15) is 36.2 Å². The van der Waals surface area contributed by atoms with Crippen LogP contribution in [-0.4, -0.2) is 16.5 Å². The van der Waals surface area contributed by atoms with E-state index in [0.717, 1.165) is 49.9 Å². The highest BCUT2D eigenvalue weighted by Gasteiger charge is 2.17. The number of hydrogen-bond acceptors (Lipinski definition) is 4. The van der Waals surface area contributed by atoms with E-state index in [-0.39, 0.29) is 5.56 Å². The number of benzene rings is 1. The van der Waals surface area contributed by atoms with Gasteiger partial charge in [-0.05, 0) is 55.3 Å². The number of aromatic nitrogens is 2. The average molecular weight is 378 g/mol. The van der Waals surface area contributed by atoms with Crippen molar-refractivity contribution in [1.82, 2.24) is 9.97 Å². The number of hydrogen-bond donors (Lipinski definition) is 2. The molecule has 0 aliphatic rings. The number of aromatic amines is 1. The van der Waals surface area contributed by atoms with Gasteiger partial charge in [0.1, 0.15) is 4.70 Å². The summed E-state index contributed by atoms with van der Waals surface area (Å²) in [7, 11) is 0. The van der Waals surface area contributed by atoms with E-state index in [1.165, 1.54) is 16.9 Å². The molecule has 0 bridgehead atoms. The zero-order valence-corrected chi connectivity index (χ0v) is 16.6. The van der Waals surface area contributed by atoms with E-state index in [1.807, 2.05) is 25.3 Å². The van der Waals surface area contributed by atoms with Crippen LogP contribution >= 0.6 is 11.3 Å². The lowest BCUT2D eigenvalue weighted by Crippen LogP contribution is -2.11. The van der Waals surface area contributed by atoms with E-state index in [2.05, 4.69) is 36.2 Å². The first-order valence-corrected chi connectivity index (χ1v) is 10.1. The number of nitrogens with two attached hydrogens (primary N) is 1. The Bertz CT molecular complexity index is 1180. The van der Waals surface area contributed by atoms with Gasteiger partial charge in [0.2, 0.25) is 0 Å². The van der Waals surface area contributed by atoms with Crippen molar-refractivity contribution in [2.45, 2.75) is 33.1 Å². The molecule has 1 atom stereocenters. The van der Waals surface area contributed by atoms with Crippen LogP contribution in [0.25, 0.3) is 32.1 Å². The molecule has 0 aliphatic carbocycles. The smallest absolute Gasteiger partial charge is 0.266 e. The van der Waals surface area contributed by atoms with Crippen molar-refractivity contribution in [2.24, 2.45) is 5.73 Å². The van der Waals surface area contributed by atoms with Crippen LogP contribution < -0.4 is 11.3 Å². The lowest BCUT2D eigenvalue weighted by molar-refractivity contribution is 0.674. The Labute approximate surface area is 162 Å². The van der Waals surface area contributed by atoms with Gasteiger partial charge in [-0.3, -0.25) is 9.78 Å². The number of rotatable bonds is 4. The van der Waals surface area contributed by atoms with Crippen LogP contribution in [-0.2, 0) is 0 Å². The Morgan fingerprint density at radius 2 is 1.89 bits per heavy atom. The molecular formula is C22H23N3OS. The number of nitrogens with one attached hydrogen (secondary N) is 1. The van der Waals surface area contributed by atoms with Gasteiger partial charge in [0, 0.05) is 22.0 Å². The summed E-state index contributed by atoms with van der Waals surface area (Å²) in [5.74, 6) is 0.382. The van der Waals surface area contributed by atoms with Gasteiger partial charge in [-0.2, -0.15) is 0 Å². The molecule has 5 heteroatoms. The summed E-state index contributed by atoms with van der Waals surface area (Å²) < 4.78 is 0.763. The van der Waals surface area contributed by atoms with E-state index < -0.39 is 0 Å². The van der Waals surface area contributed by atoms with E-state index in [1.54, 1.807) is 0 Å². The maximum Gasteiger partial charge on any atom is 0.266 e. The highest BCUT2D eigenvalue weighted by molar-refractivity contribution is 7.17. The Morgan fingerprint density at radius 3 is 2.56 bits per heavy atom. The molecule has 4 nitrogen and oxygen atoms in total. The van der Waals surface area contributed by atoms with Gasteiger partial charge in [-0.15, -0.1) is 11.3 Å². The quantitative estimate of drug-likeness (QED) is 0.533. The van der Waals surface area contributed by atoms with Crippen LogP contribution in [0.2, 0.25) is 0 Å². The first-order chi connectivity index (χ1) is 13.0. The van der Waals surface area contributed by atoms with Gasteiger partial charge in [0.15, 0.2) is 0 Å². The minimum Gasteiger partial charge on any atom is -0.330 e. The van der Waals surface area contributed by atoms with Crippen LogP contribution in [0, 0.1) is 13.8 Å². The second-order valence-electron chi connectivity index (χ2n) is 6.99. The summed E-state index contributed by atoms with van der Waals surface area (Å²) in [5.41, 5.74) is 12.0. The highest BCUT2D eigenvalue weighted by Crippen LogP contribution is 2.37. The molecule has 138 valence electrons. The van der Waals surface area contributed by atoms with Gasteiger partial charge >= 0.3 is 0 Å². The van der Waals surface area contributed by atoms with Crippen LogP contribution in [0.4, 0.5) is 0 Å². The summed E-state index contributed by atoms with van der Waals surface area (Å²) in [5, 5.41) is 4.05. The molecule has 4 rings (SSSR count). The van der Waals surface area contributed by atoms with Crippen LogP contribution in [0.15, 0.2) is 40.5 Å². The molecule has 0 fully saturated rings. The Balaban J connectivity index is 2.02. The fourth-order valence-electron chi connectivity index (χ4n) is 3.94. The second-order valence-corrected chi connectivity index (χ2v) is 7.90. The SMILES string of the molecule is CC[C@@H](CN)c1ccc(-c2c(C)nc(C)c3[nH]c(=O)c4sccc4c23)cc1. The number of H-pyrrole nitrogens is 1. The molecule has 0 radical (unpaired) electrons. The predicted octanol–water partition coefficient (Wildman–Crippen LogP) is 4.87. The molecule has 0 amide bonds. The molecule has 0 aliphatic heterocycles. The molecule has 3 heterocycles. The van der Waals surface area contributed by atoms with Gasteiger partial charge in [0.25, 0.3) is 5.56 Å². The predicted molar refractivity (Wildman–Crippen MR) is 115 cm³/mol. The third kappa shape index (κ3) is 2.87. The number of thiophene rings is 1. The Morgan fingerprint density at radius 1 is 1.15 bits per heavy atom. The topological polar surface area (TPSA) is 71.8 Å². The molecule has 4 aromatic rings. The first-order valence-electron chi connectivity index (χ1n) is 9.26. The highest BCUT2D eigenvalue weighted by atomic mass is 32.1. The fraction of sp³-hybridized carbons (Fsp3) is 0.273. The average Bonchev–Trinajstić information content (AvgIpc) is 3.15. The van der Waals surface area contributed by atoms with Crippen molar-refractivity contribution < 1.29 is 0 Å². The Hall–Kier alpha value is -2.50. The molecule has 1 aromatic carbocycles. The summed E-state index contributed by atoms with van der Waals surface area (Å²) in [6.45, 7) is 6.80. The largest absolute Gasteiger partial charge is 0.330 e. The van der Waals surface area contributed by atoms with Crippen LogP contribution in [0.5, 0.6) is 0 Å².